The predicted octanol–water partition coefficient (Wildman–Crippen LogP) is 3.22. The van der Waals surface area contributed by atoms with E-state index in [0.29, 0.717) is 21.8 Å². The van der Waals surface area contributed by atoms with Gasteiger partial charge in [-0.15, -0.1) is 0 Å². The Morgan fingerprint density at radius 1 is 1.22 bits per heavy atom. The summed E-state index contributed by atoms with van der Waals surface area (Å²) < 4.78 is 0. The lowest BCUT2D eigenvalue weighted by Crippen LogP contribution is -2.28. The second-order valence-corrected chi connectivity index (χ2v) is 6.18. The molecule has 118 valence electrons. The van der Waals surface area contributed by atoms with Crippen LogP contribution in [0, 0.1) is 0 Å². The molecule has 3 rings (SSSR count). The van der Waals surface area contributed by atoms with E-state index < -0.39 is 0 Å². The summed E-state index contributed by atoms with van der Waals surface area (Å²) in [7, 11) is 0. The topological polar surface area (TPSA) is 72.2 Å². The molecule has 0 radical (unpaired) electrons. The quantitative estimate of drug-likeness (QED) is 0.850. The van der Waals surface area contributed by atoms with Crippen LogP contribution in [0.25, 0.3) is 0 Å². The highest BCUT2D eigenvalue weighted by atomic mass is 35.5. The van der Waals surface area contributed by atoms with Gasteiger partial charge in [-0.05, 0) is 60.7 Å². The zero-order chi connectivity index (χ0) is 16.4. The van der Waals surface area contributed by atoms with Crippen LogP contribution in [-0.2, 0) is 12.8 Å². The molecule has 0 aliphatic heterocycles. The van der Waals surface area contributed by atoms with E-state index in [1.807, 2.05) is 6.07 Å². The fourth-order valence-electron chi connectivity index (χ4n) is 2.95. The van der Waals surface area contributed by atoms with Crippen LogP contribution < -0.4 is 11.1 Å². The van der Waals surface area contributed by atoms with Crippen LogP contribution >= 0.6 is 11.6 Å². The molecule has 0 saturated carbocycles. The minimum atomic E-state index is -0.266. The standard InChI is InChI=1S/C18H17ClN2O2/c19-13-4-1-11(2-5-13)18(23)21-17-8-3-12-9-14(20)6-7-15(12)16(17)10-22/h1-5,8,10,14H,6-7,9,20H2,(H,21,23)/t14-/m1/s1. The molecule has 0 unspecified atom stereocenters. The second kappa shape index (κ2) is 6.52. The average Bonchev–Trinajstić information content (AvgIpc) is 2.55. The number of benzene rings is 2. The Morgan fingerprint density at radius 3 is 2.65 bits per heavy atom. The highest BCUT2D eigenvalue weighted by Crippen LogP contribution is 2.28. The Kier molecular flexibility index (Phi) is 4.46. The normalized spacial score (nSPS) is 16.5. The van der Waals surface area contributed by atoms with E-state index in [2.05, 4.69) is 5.32 Å². The first-order valence-corrected chi connectivity index (χ1v) is 7.88. The third-order valence-corrected chi connectivity index (χ3v) is 4.43. The first-order valence-electron chi connectivity index (χ1n) is 7.51. The molecule has 1 amide bonds. The molecule has 1 atom stereocenters. The van der Waals surface area contributed by atoms with Crippen molar-refractivity contribution < 1.29 is 9.59 Å². The summed E-state index contributed by atoms with van der Waals surface area (Å²) in [6, 6.07) is 10.5. The van der Waals surface area contributed by atoms with Gasteiger partial charge in [0, 0.05) is 22.2 Å². The van der Waals surface area contributed by atoms with Gasteiger partial charge in [0.2, 0.25) is 0 Å². The number of halogens is 1. The highest BCUT2D eigenvalue weighted by Gasteiger charge is 2.21. The third-order valence-electron chi connectivity index (χ3n) is 4.17. The smallest absolute Gasteiger partial charge is 0.255 e. The van der Waals surface area contributed by atoms with E-state index in [1.54, 1.807) is 30.3 Å². The lowest BCUT2D eigenvalue weighted by atomic mass is 9.85. The van der Waals surface area contributed by atoms with Crippen LogP contribution in [0.3, 0.4) is 0 Å². The number of carbonyl (C=O) groups is 2. The number of anilines is 1. The number of nitrogens with two attached hydrogens (primary N) is 1. The van der Waals surface area contributed by atoms with Crippen molar-refractivity contribution in [1.82, 2.24) is 0 Å². The summed E-state index contributed by atoms with van der Waals surface area (Å²) in [5.41, 5.74) is 9.65. The number of aldehydes is 1. The fraction of sp³-hybridized carbons (Fsp3) is 0.222. The Labute approximate surface area is 139 Å². The van der Waals surface area contributed by atoms with Crippen LogP contribution in [0.4, 0.5) is 5.69 Å². The maximum atomic E-state index is 12.3. The molecule has 0 saturated heterocycles. The van der Waals surface area contributed by atoms with Crippen LogP contribution in [0.15, 0.2) is 36.4 Å². The van der Waals surface area contributed by atoms with Crippen molar-refractivity contribution in [3.63, 3.8) is 0 Å². The van der Waals surface area contributed by atoms with Crippen molar-refractivity contribution >= 4 is 29.5 Å². The number of nitrogens with one attached hydrogen (secondary N) is 1. The van der Waals surface area contributed by atoms with Gasteiger partial charge in [0.25, 0.3) is 5.91 Å². The minimum absolute atomic E-state index is 0.136. The Hall–Kier alpha value is -2.17. The molecule has 0 heterocycles. The van der Waals surface area contributed by atoms with Gasteiger partial charge < -0.3 is 11.1 Å². The van der Waals surface area contributed by atoms with Gasteiger partial charge in [-0.1, -0.05) is 17.7 Å². The number of fused-ring (bicyclic) bond motifs is 1. The van der Waals surface area contributed by atoms with Crippen molar-refractivity contribution in [2.75, 3.05) is 5.32 Å². The molecule has 0 aromatic heterocycles. The van der Waals surface area contributed by atoms with Crippen LogP contribution in [-0.4, -0.2) is 18.2 Å². The van der Waals surface area contributed by atoms with Gasteiger partial charge in [0.15, 0.2) is 6.29 Å². The molecular weight excluding hydrogens is 312 g/mol. The van der Waals surface area contributed by atoms with Crippen molar-refractivity contribution in [2.24, 2.45) is 5.73 Å². The first kappa shape index (κ1) is 15.7. The average molecular weight is 329 g/mol. The van der Waals surface area contributed by atoms with Crippen LogP contribution in [0.5, 0.6) is 0 Å². The van der Waals surface area contributed by atoms with E-state index in [1.165, 1.54) is 0 Å². The molecule has 2 aromatic rings. The van der Waals surface area contributed by atoms with Gasteiger partial charge in [-0.25, -0.2) is 0 Å². The number of rotatable bonds is 3. The van der Waals surface area contributed by atoms with E-state index in [9.17, 15) is 9.59 Å². The van der Waals surface area contributed by atoms with Crippen molar-refractivity contribution in [1.29, 1.82) is 0 Å². The molecule has 3 N–H and O–H groups in total. The highest BCUT2D eigenvalue weighted by molar-refractivity contribution is 6.30. The molecule has 0 bridgehead atoms. The zero-order valence-corrected chi connectivity index (χ0v) is 13.3. The summed E-state index contributed by atoms with van der Waals surface area (Å²) >= 11 is 5.83. The number of carbonyl (C=O) groups excluding carboxylic acids is 2. The summed E-state index contributed by atoms with van der Waals surface area (Å²) in [4.78, 5) is 23.9. The molecule has 1 aliphatic carbocycles. The van der Waals surface area contributed by atoms with Crippen molar-refractivity contribution in [3.05, 3.63) is 63.7 Å². The minimum Gasteiger partial charge on any atom is -0.327 e. The Morgan fingerprint density at radius 2 is 1.96 bits per heavy atom. The summed E-state index contributed by atoms with van der Waals surface area (Å²) in [6.07, 6.45) is 3.19. The largest absolute Gasteiger partial charge is 0.327 e. The first-order chi connectivity index (χ1) is 11.1. The van der Waals surface area contributed by atoms with Crippen LogP contribution in [0.1, 0.15) is 38.3 Å². The summed E-state index contributed by atoms with van der Waals surface area (Å²) in [6.45, 7) is 0. The lowest BCUT2D eigenvalue weighted by Gasteiger charge is -2.24. The van der Waals surface area contributed by atoms with Gasteiger partial charge >= 0.3 is 0 Å². The molecule has 2 aromatic carbocycles. The van der Waals surface area contributed by atoms with Crippen molar-refractivity contribution in [2.45, 2.75) is 25.3 Å². The zero-order valence-electron chi connectivity index (χ0n) is 12.5. The van der Waals surface area contributed by atoms with E-state index >= 15 is 0 Å². The third kappa shape index (κ3) is 3.28. The molecule has 0 fully saturated rings. The summed E-state index contributed by atoms with van der Waals surface area (Å²) in [5, 5.41) is 3.38. The monoisotopic (exact) mass is 328 g/mol. The van der Waals surface area contributed by atoms with Gasteiger partial charge in [-0.3, -0.25) is 9.59 Å². The van der Waals surface area contributed by atoms with Gasteiger partial charge in [-0.2, -0.15) is 0 Å². The van der Waals surface area contributed by atoms with E-state index in [4.69, 9.17) is 17.3 Å². The maximum absolute atomic E-state index is 12.3. The maximum Gasteiger partial charge on any atom is 0.255 e. The van der Waals surface area contributed by atoms with Gasteiger partial charge in [0.05, 0.1) is 5.69 Å². The molecular formula is C18H17ClN2O2. The lowest BCUT2D eigenvalue weighted by molar-refractivity contribution is 0.102. The van der Waals surface area contributed by atoms with Crippen molar-refractivity contribution in [3.8, 4) is 0 Å². The number of amides is 1. The second-order valence-electron chi connectivity index (χ2n) is 5.75. The molecule has 0 spiro atoms. The molecule has 5 heteroatoms. The Bertz CT molecular complexity index is 756. The Balaban J connectivity index is 1.89. The van der Waals surface area contributed by atoms with E-state index in [-0.39, 0.29) is 11.9 Å². The number of hydrogen-bond donors (Lipinski definition) is 2. The van der Waals surface area contributed by atoms with Crippen LogP contribution in [0.2, 0.25) is 5.02 Å². The predicted molar refractivity (Wildman–Crippen MR) is 91.2 cm³/mol. The number of hydrogen-bond acceptors (Lipinski definition) is 3. The summed E-state index contributed by atoms with van der Waals surface area (Å²) in [5.74, 6) is -0.266. The SMILES string of the molecule is N[C@@H]1CCc2c(ccc(NC(=O)c3ccc(Cl)cc3)c2C=O)C1. The van der Waals surface area contributed by atoms with Gasteiger partial charge in [0.1, 0.15) is 0 Å². The molecule has 4 nitrogen and oxygen atoms in total. The molecule has 23 heavy (non-hydrogen) atoms. The molecule has 1 aliphatic rings. The van der Waals surface area contributed by atoms with E-state index in [0.717, 1.165) is 36.7 Å². The fourth-order valence-corrected chi connectivity index (χ4v) is 3.08.